The van der Waals surface area contributed by atoms with Gasteiger partial charge in [-0.2, -0.15) is 0 Å². The minimum atomic E-state index is -0.300. The molecule has 4 aromatic rings. The van der Waals surface area contributed by atoms with Crippen LogP contribution in [0.2, 0.25) is 0 Å². The molecular weight excluding hydrogens is 388 g/mol. The Labute approximate surface area is 179 Å². The van der Waals surface area contributed by atoms with Crippen molar-refractivity contribution in [3.63, 3.8) is 0 Å². The highest BCUT2D eigenvalue weighted by Crippen LogP contribution is 2.40. The monoisotopic (exact) mass is 408 g/mol. The smallest absolute Gasteiger partial charge is 0.298 e. The lowest BCUT2D eigenvalue weighted by atomic mass is 10.0. The van der Waals surface area contributed by atoms with Crippen molar-refractivity contribution in [2.45, 2.75) is 12.5 Å². The average molecular weight is 408 g/mol. The fourth-order valence-electron chi connectivity index (χ4n) is 4.07. The number of benzene rings is 1. The molecule has 5 rings (SSSR count). The Morgan fingerprint density at radius 1 is 1.16 bits per heavy atom. The van der Waals surface area contributed by atoms with Crippen LogP contribution in [0.25, 0.3) is 33.4 Å². The summed E-state index contributed by atoms with van der Waals surface area (Å²) in [5.41, 5.74) is 5.75. The third-order valence-corrected chi connectivity index (χ3v) is 5.52. The van der Waals surface area contributed by atoms with E-state index in [1.54, 1.807) is 23.5 Å². The molecule has 1 aliphatic rings. The predicted molar refractivity (Wildman–Crippen MR) is 119 cm³/mol. The summed E-state index contributed by atoms with van der Waals surface area (Å²) >= 11 is 0. The van der Waals surface area contributed by atoms with Crippen LogP contribution in [0.1, 0.15) is 6.42 Å². The second-order valence-corrected chi connectivity index (χ2v) is 7.44. The fourth-order valence-corrected chi connectivity index (χ4v) is 4.07. The molecule has 1 N–H and O–H groups in total. The highest BCUT2D eigenvalue weighted by atomic mass is 16.5. The van der Waals surface area contributed by atoms with Crippen molar-refractivity contribution in [3.05, 3.63) is 67.1 Å². The maximum absolute atomic E-state index is 11.8. The molecule has 0 bridgehead atoms. The average Bonchev–Trinajstić information content (AvgIpc) is 3.44. The number of nitrogens with zero attached hydrogens (tertiary/aromatic N) is 3. The Kier molecular flexibility index (Phi) is 4.85. The number of ether oxygens (including phenoxy) is 1. The maximum Gasteiger partial charge on any atom is 0.298 e. The van der Waals surface area contributed by atoms with E-state index >= 15 is 0 Å². The molecule has 1 unspecified atom stereocenters. The lowest BCUT2D eigenvalue weighted by Crippen LogP contribution is -2.29. The van der Waals surface area contributed by atoms with E-state index in [4.69, 9.17) is 11.2 Å². The first-order chi connectivity index (χ1) is 15.2. The number of hydrogen-bond donors (Lipinski definition) is 1. The SMILES string of the molecule is C#CC(=O)N1CCC(Oc2cnccc2-c2[nH]c3cccnc3c2-c2ccccc2)C1. The molecule has 1 amide bonds. The van der Waals surface area contributed by atoms with Gasteiger partial charge in [0.25, 0.3) is 5.91 Å². The van der Waals surface area contributed by atoms with E-state index in [1.807, 2.05) is 36.4 Å². The second kappa shape index (κ2) is 7.96. The molecule has 1 fully saturated rings. The summed E-state index contributed by atoms with van der Waals surface area (Å²) in [6.45, 7) is 1.06. The standard InChI is InChI=1S/C25H20N4O2/c1-2-22(30)29-14-11-18(16-29)31-21-15-26-13-10-19(21)24-23(17-7-4-3-5-8-17)25-20(28-24)9-6-12-27-25/h1,3-10,12-13,15,18,28H,11,14,16H2. The number of pyridine rings is 2. The van der Waals surface area contributed by atoms with Crippen molar-refractivity contribution in [2.24, 2.45) is 0 Å². The predicted octanol–water partition coefficient (Wildman–Crippen LogP) is 3.90. The van der Waals surface area contributed by atoms with Gasteiger partial charge < -0.3 is 14.6 Å². The van der Waals surface area contributed by atoms with Crippen molar-refractivity contribution in [3.8, 4) is 40.5 Å². The van der Waals surface area contributed by atoms with Crippen molar-refractivity contribution in [1.82, 2.24) is 19.9 Å². The van der Waals surface area contributed by atoms with E-state index in [9.17, 15) is 4.79 Å². The van der Waals surface area contributed by atoms with Gasteiger partial charge in [0, 0.05) is 36.5 Å². The number of carbonyl (C=O) groups is 1. The number of rotatable bonds is 4. The highest BCUT2D eigenvalue weighted by molar-refractivity contribution is 6.02. The number of hydrogen-bond acceptors (Lipinski definition) is 4. The molecule has 1 atom stereocenters. The lowest BCUT2D eigenvalue weighted by molar-refractivity contribution is -0.124. The number of aromatic amines is 1. The Morgan fingerprint density at radius 3 is 2.87 bits per heavy atom. The van der Waals surface area contributed by atoms with Crippen molar-refractivity contribution < 1.29 is 9.53 Å². The van der Waals surface area contributed by atoms with Crippen LogP contribution < -0.4 is 4.74 Å². The molecular formula is C25H20N4O2. The van der Waals surface area contributed by atoms with Crippen molar-refractivity contribution in [1.29, 1.82) is 0 Å². The van der Waals surface area contributed by atoms with E-state index in [0.29, 0.717) is 18.8 Å². The zero-order valence-electron chi connectivity index (χ0n) is 16.8. The largest absolute Gasteiger partial charge is 0.486 e. The summed E-state index contributed by atoms with van der Waals surface area (Å²) in [6, 6.07) is 16.0. The van der Waals surface area contributed by atoms with Crippen LogP contribution in [-0.2, 0) is 4.79 Å². The molecule has 0 aliphatic carbocycles. The first-order valence-electron chi connectivity index (χ1n) is 10.1. The summed E-state index contributed by atoms with van der Waals surface area (Å²) in [6.07, 6.45) is 11.1. The van der Waals surface area contributed by atoms with Crippen LogP contribution >= 0.6 is 0 Å². The summed E-state index contributed by atoms with van der Waals surface area (Å²) in [4.78, 5) is 25.9. The van der Waals surface area contributed by atoms with Gasteiger partial charge in [0.2, 0.25) is 0 Å². The normalized spacial score (nSPS) is 15.7. The zero-order valence-corrected chi connectivity index (χ0v) is 16.8. The number of terminal acetylenes is 1. The Hall–Kier alpha value is -4.11. The van der Waals surface area contributed by atoms with Gasteiger partial charge in [-0.25, -0.2) is 0 Å². The molecule has 0 radical (unpaired) electrons. The Bertz CT molecular complexity index is 1290. The summed E-state index contributed by atoms with van der Waals surface area (Å²) < 4.78 is 6.31. The van der Waals surface area contributed by atoms with E-state index in [2.05, 4.69) is 33.0 Å². The first-order valence-corrected chi connectivity index (χ1v) is 10.1. The number of aromatic nitrogens is 3. The van der Waals surface area contributed by atoms with Gasteiger partial charge in [-0.05, 0) is 29.7 Å². The first kappa shape index (κ1) is 18.9. The molecule has 6 heteroatoms. The summed E-state index contributed by atoms with van der Waals surface area (Å²) in [5.74, 6) is 2.53. The van der Waals surface area contributed by atoms with Crippen LogP contribution in [0.5, 0.6) is 5.75 Å². The third kappa shape index (κ3) is 3.51. The van der Waals surface area contributed by atoms with Gasteiger partial charge in [0.1, 0.15) is 11.9 Å². The van der Waals surface area contributed by atoms with Crippen LogP contribution in [0.3, 0.4) is 0 Å². The van der Waals surface area contributed by atoms with Gasteiger partial charge in [-0.1, -0.05) is 30.3 Å². The molecule has 3 aromatic heterocycles. The minimum Gasteiger partial charge on any atom is -0.486 e. The molecule has 152 valence electrons. The third-order valence-electron chi connectivity index (χ3n) is 5.52. The zero-order chi connectivity index (χ0) is 21.2. The number of amides is 1. The number of nitrogens with one attached hydrogen (secondary N) is 1. The number of carbonyl (C=O) groups excluding carboxylic acids is 1. The van der Waals surface area contributed by atoms with Gasteiger partial charge in [0.05, 0.1) is 29.5 Å². The molecule has 0 saturated carbocycles. The molecule has 31 heavy (non-hydrogen) atoms. The summed E-state index contributed by atoms with van der Waals surface area (Å²) in [5, 5.41) is 0. The molecule has 1 aliphatic heterocycles. The Morgan fingerprint density at radius 2 is 2.03 bits per heavy atom. The van der Waals surface area contributed by atoms with Gasteiger partial charge in [-0.15, -0.1) is 6.42 Å². The second-order valence-electron chi connectivity index (χ2n) is 7.44. The minimum absolute atomic E-state index is 0.136. The molecule has 1 saturated heterocycles. The van der Waals surface area contributed by atoms with E-state index in [-0.39, 0.29) is 12.0 Å². The Balaban J connectivity index is 1.57. The van der Waals surface area contributed by atoms with E-state index in [1.165, 1.54) is 0 Å². The quantitative estimate of drug-likeness (QED) is 0.520. The van der Waals surface area contributed by atoms with Gasteiger partial charge in [-0.3, -0.25) is 14.8 Å². The lowest BCUT2D eigenvalue weighted by Gasteiger charge is -2.17. The van der Waals surface area contributed by atoms with Crippen molar-refractivity contribution in [2.75, 3.05) is 13.1 Å². The van der Waals surface area contributed by atoms with Gasteiger partial charge in [0.15, 0.2) is 0 Å². The molecule has 6 nitrogen and oxygen atoms in total. The highest BCUT2D eigenvalue weighted by Gasteiger charge is 2.28. The maximum atomic E-state index is 11.8. The topological polar surface area (TPSA) is 71.1 Å². The molecule has 4 heterocycles. The van der Waals surface area contributed by atoms with Crippen LogP contribution in [0, 0.1) is 12.3 Å². The number of fused-ring (bicyclic) bond motifs is 1. The van der Waals surface area contributed by atoms with Crippen LogP contribution in [0.15, 0.2) is 67.1 Å². The molecule has 0 spiro atoms. The van der Waals surface area contributed by atoms with E-state index < -0.39 is 0 Å². The molecule has 1 aromatic carbocycles. The van der Waals surface area contributed by atoms with Crippen molar-refractivity contribution >= 4 is 16.9 Å². The van der Waals surface area contributed by atoms with Gasteiger partial charge >= 0.3 is 0 Å². The summed E-state index contributed by atoms with van der Waals surface area (Å²) in [7, 11) is 0. The van der Waals surface area contributed by atoms with Crippen LogP contribution in [0.4, 0.5) is 0 Å². The van der Waals surface area contributed by atoms with Crippen LogP contribution in [-0.4, -0.2) is 45.0 Å². The number of likely N-dealkylation sites (tertiary alicyclic amines) is 1. The van der Waals surface area contributed by atoms with E-state index in [0.717, 1.165) is 39.8 Å². The number of H-pyrrole nitrogens is 1. The fraction of sp³-hybridized carbons (Fsp3) is 0.160.